The quantitative estimate of drug-likeness (QED) is 0.246. The summed E-state index contributed by atoms with van der Waals surface area (Å²) in [7, 11) is 0. The minimum absolute atomic E-state index is 0. The van der Waals surface area contributed by atoms with Crippen molar-refractivity contribution < 1.29 is 201 Å². The average Bonchev–Trinajstić information content (AvgIpc) is 2.08. The minimum Gasteiger partial charge on any atom is -0.394 e. The van der Waals surface area contributed by atoms with E-state index >= 15 is 0 Å². The van der Waals surface area contributed by atoms with Gasteiger partial charge in [-0.2, -0.15) is 0 Å². The molecular formula is C7H14Ac4O5. The first-order valence-electron chi connectivity index (χ1n) is 3.88. The minimum atomic E-state index is -1.13. The van der Waals surface area contributed by atoms with Gasteiger partial charge in [0, 0.05) is 182 Å². The van der Waals surface area contributed by atoms with Crippen molar-refractivity contribution in [2.75, 3.05) is 6.61 Å². The van der Waals surface area contributed by atoms with Crippen molar-refractivity contribution in [1.82, 2.24) is 0 Å². The van der Waals surface area contributed by atoms with Gasteiger partial charge >= 0.3 is 0 Å². The Kier molecular flexibility index (Phi) is 28.6. The van der Waals surface area contributed by atoms with Gasteiger partial charge in [0.1, 0.15) is 12.2 Å². The third kappa shape index (κ3) is 8.88. The summed E-state index contributed by atoms with van der Waals surface area (Å²) >= 11 is 0. The maximum absolute atomic E-state index is 9.32. The number of ether oxygens (including phenoxy) is 1. The second-order valence-corrected chi connectivity index (χ2v) is 3.09. The topological polar surface area (TPSA) is 90.2 Å². The van der Waals surface area contributed by atoms with E-state index < -0.39 is 37.1 Å². The summed E-state index contributed by atoms with van der Waals surface area (Å²) in [5.41, 5.74) is 0. The molecule has 0 aromatic heterocycles. The average molecular weight is 1090 g/mol. The normalized spacial score (nSPS) is 36.9. The molecule has 5 nitrogen and oxygen atoms in total. The van der Waals surface area contributed by atoms with Crippen molar-refractivity contribution in [3.05, 3.63) is 0 Å². The van der Waals surface area contributed by atoms with Gasteiger partial charge in [-0.3, -0.25) is 0 Å². The van der Waals surface area contributed by atoms with Crippen LogP contribution in [-0.2, 0) is 4.74 Å². The van der Waals surface area contributed by atoms with Gasteiger partial charge < -0.3 is 25.2 Å². The molecule has 0 bridgehead atoms. The van der Waals surface area contributed by atoms with E-state index in [9.17, 15) is 10.2 Å². The smallest absolute Gasteiger partial charge is 0.160 e. The molecule has 1 rings (SSSR count). The van der Waals surface area contributed by atoms with Crippen molar-refractivity contribution in [2.45, 2.75) is 31.5 Å². The van der Waals surface area contributed by atoms with Crippen LogP contribution in [0.5, 0.6) is 0 Å². The maximum atomic E-state index is 9.32. The third-order valence-corrected chi connectivity index (χ3v) is 2.21. The summed E-state index contributed by atoms with van der Waals surface area (Å²) in [5, 5.41) is 36.4. The van der Waals surface area contributed by atoms with Gasteiger partial charge in [-0.05, 0) is 0 Å². The van der Waals surface area contributed by atoms with Gasteiger partial charge in [-0.15, -0.1) is 0 Å². The first kappa shape index (κ1) is 29.6. The van der Waals surface area contributed by atoms with Gasteiger partial charge in [0.2, 0.25) is 0 Å². The van der Waals surface area contributed by atoms with Crippen molar-refractivity contribution in [3.63, 3.8) is 0 Å². The van der Waals surface area contributed by atoms with Crippen LogP contribution in [0.2, 0.25) is 0 Å². The predicted molar refractivity (Wildman–Crippen MR) is 39.1 cm³/mol. The van der Waals surface area contributed by atoms with Crippen LogP contribution in [0, 0.1) is 182 Å². The number of rotatable bonds is 1. The Morgan fingerprint density at radius 1 is 0.938 bits per heavy atom. The Labute approximate surface area is 238 Å². The predicted octanol–water partition coefficient (Wildman–Crippen LogP) is -1.95. The van der Waals surface area contributed by atoms with E-state index in [-0.39, 0.29) is 176 Å². The van der Waals surface area contributed by atoms with Crippen LogP contribution in [0.15, 0.2) is 0 Å². The monoisotopic (exact) mass is 1090 g/mol. The fourth-order valence-corrected chi connectivity index (χ4v) is 1.23. The number of hydrogen-bond acceptors (Lipinski definition) is 5. The first-order valence-corrected chi connectivity index (χ1v) is 3.88. The van der Waals surface area contributed by atoms with Crippen LogP contribution < -0.4 is 0 Å². The van der Waals surface area contributed by atoms with Crippen molar-refractivity contribution in [2.24, 2.45) is 5.92 Å². The molecule has 0 amide bonds. The molecule has 1 fully saturated rings. The zero-order valence-electron chi connectivity index (χ0n) is 9.10. The molecule has 0 saturated carbocycles. The number of aliphatic hydroxyl groups excluding tert-OH is 4. The van der Waals surface area contributed by atoms with Crippen LogP contribution >= 0.6 is 0 Å². The molecule has 0 aromatic carbocycles. The Balaban J connectivity index is -0.000000180. The Hall–Kier alpha value is 5.57. The zero-order valence-corrected chi connectivity index (χ0v) is 28.1. The van der Waals surface area contributed by atoms with E-state index in [2.05, 4.69) is 0 Å². The van der Waals surface area contributed by atoms with Gasteiger partial charge in [0.25, 0.3) is 0 Å². The van der Waals surface area contributed by atoms with Crippen LogP contribution in [0.3, 0.4) is 0 Å². The van der Waals surface area contributed by atoms with Crippen molar-refractivity contribution >= 4 is 0 Å². The van der Waals surface area contributed by atoms with Gasteiger partial charge in [-0.25, -0.2) is 0 Å². The summed E-state index contributed by atoms with van der Waals surface area (Å²) in [6, 6.07) is 0. The third-order valence-electron chi connectivity index (χ3n) is 2.21. The molecule has 1 aliphatic heterocycles. The second kappa shape index (κ2) is 15.5. The Bertz CT molecular complexity index is 159. The van der Waals surface area contributed by atoms with E-state index in [0.717, 1.165) is 0 Å². The summed E-state index contributed by atoms with van der Waals surface area (Å²) in [6.45, 7) is 1.15. The molecule has 1 heterocycles. The van der Waals surface area contributed by atoms with E-state index in [1.54, 1.807) is 6.92 Å². The van der Waals surface area contributed by atoms with E-state index in [0.29, 0.717) is 0 Å². The zero-order chi connectivity index (χ0) is 9.30. The van der Waals surface area contributed by atoms with Gasteiger partial charge in [0.05, 0.1) is 12.7 Å². The molecule has 1 saturated heterocycles. The fourth-order valence-electron chi connectivity index (χ4n) is 1.23. The van der Waals surface area contributed by atoms with Crippen molar-refractivity contribution in [3.8, 4) is 0 Å². The maximum Gasteiger partial charge on any atom is 0.160 e. The molecule has 5 atom stereocenters. The van der Waals surface area contributed by atoms with Gasteiger partial charge in [0.15, 0.2) is 6.29 Å². The molecule has 5 unspecified atom stereocenters. The second-order valence-electron chi connectivity index (χ2n) is 3.09. The largest absolute Gasteiger partial charge is 0.394 e. The van der Waals surface area contributed by atoms with E-state index in [1.807, 2.05) is 0 Å². The Morgan fingerprint density at radius 3 is 1.75 bits per heavy atom. The summed E-state index contributed by atoms with van der Waals surface area (Å²) < 4.78 is 4.83. The fraction of sp³-hybridized carbons (Fsp3) is 1.00. The molecule has 0 aromatic rings. The molecular weight excluding hydrogens is 1070 g/mol. The van der Waals surface area contributed by atoms with Crippen LogP contribution in [0.25, 0.3) is 0 Å². The molecule has 0 spiro atoms. The van der Waals surface area contributed by atoms with E-state index in [1.165, 1.54) is 0 Å². The molecule has 4 radical (unpaired) electrons. The number of hydrogen-bond donors (Lipinski definition) is 4. The molecule has 4 N–H and O–H groups in total. The standard InChI is InChI=1S/C7H14O5.4Ac/c1-3-5(9)6(10)4(2-8)12-7(3)11;;;;/h3-11H,2H2,1H3;;;;. The summed E-state index contributed by atoms with van der Waals surface area (Å²) in [4.78, 5) is 0. The summed E-state index contributed by atoms with van der Waals surface area (Å²) in [6.07, 6.45) is -4.20. The van der Waals surface area contributed by atoms with Gasteiger partial charge in [-0.1, -0.05) is 6.92 Å². The van der Waals surface area contributed by atoms with Crippen molar-refractivity contribution in [1.29, 1.82) is 0 Å². The van der Waals surface area contributed by atoms with Crippen LogP contribution in [-0.4, -0.2) is 51.6 Å². The van der Waals surface area contributed by atoms with Crippen LogP contribution in [0.4, 0.5) is 0 Å². The molecule has 1 aliphatic rings. The van der Waals surface area contributed by atoms with E-state index in [4.69, 9.17) is 14.9 Å². The first-order chi connectivity index (χ1) is 5.57. The SMILES string of the molecule is CC1C(O)OC(CO)C(O)C1O.[Ac].[Ac].[Ac].[Ac]. The molecule has 16 heavy (non-hydrogen) atoms. The Morgan fingerprint density at radius 2 is 1.38 bits per heavy atom. The molecule has 0 aliphatic carbocycles. The summed E-state index contributed by atoms with van der Waals surface area (Å²) in [5.74, 6) is -0.539. The number of aliphatic hydroxyl groups is 4. The molecule has 9 heteroatoms. The van der Waals surface area contributed by atoms with Crippen LogP contribution in [0.1, 0.15) is 6.92 Å². The molecule has 84 valence electrons.